The number of hydrogen-bond donors (Lipinski definition) is 1. The molecule has 1 aliphatic rings. The van der Waals surface area contributed by atoms with Crippen LogP contribution in [-0.2, 0) is 11.2 Å². The maximum Gasteiger partial charge on any atom is 0.225 e. The number of anilines is 2. The van der Waals surface area contributed by atoms with Crippen molar-refractivity contribution in [2.24, 2.45) is 0 Å². The zero-order valence-corrected chi connectivity index (χ0v) is 15.6. The lowest BCUT2D eigenvalue weighted by atomic mass is 10.1. The van der Waals surface area contributed by atoms with Crippen LogP contribution in [0, 0.1) is 5.82 Å². The van der Waals surface area contributed by atoms with Crippen LogP contribution in [0.25, 0.3) is 11.3 Å². The molecule has 3 aromatic rings. The third-order valence-electron chi connectivity index (χ3n) is 4.75. The van der Waals surface area contributed by atoms with Crippen molar-refractivity contribution in [2.75, 3.05) is 43.1 Å². The number of hydrogen-bond acceptors (Lipinski definition) is 5. The fourth-order valence-electron chi connectivity index (χ4n) is 3.23. The summed E-state index contributed by atoms with van der Waals surface area (Å²) >= 11 is 0. The van der Waals surface area contributed by atoms with Gasteiger partial charge in [-0.25, -0.2) is 9.37 Å². The largest absolute Gasteiger partial charge is 0.378 e. The third-order valence-corrected chi connectivity index (χ3v) is 4.75. The molecule has 1 N–H and O–H groups in total. The maximum absolute atomic E-state index is 13.8. The fraction of sp³-hybridized carbons (Fsp3) is 0.273. The average molecular weight is 378 g/mol. The second-order valence-electron chi connectivity index (χ2n) is 6.67. The van der Waals surface area contributed by atoms with Crippen LogP contribution in [0.3, 0.4) is 0 Å². The summed E-state index contributed by atoms with van der Waals surface area (Å²) in [5, 5.41) is 3.26. The van der Waals surface area contributed by atoms with E-state index < -0.39 is 0 Å². The van der Waals surface area contributed by atoms with Crippen molar-refractivity contribution in [2.45, 2.75) is 6.42 Å². The van der Waals surface area contributed by atoms with Gasteiger partial charge < -0.3 is 15.0 Å². The van der Waals surface area contributed by atoms with Gasteiger partial charge in [-0.1, -0.05) is 48.5 Å². The van der Waals surface area contributed by atoms with E-state index >= 15 is 0 Å². The van der Waals surface area contributed by atoms with Crippen LogP contribution in [0.2, 0.25) is 0 Å². The Bertz CT molecular complexity index is 913. The molecule has 2 aromatic carbocycles. The van der Waals surface area contributed by atoms with Crippen LogP contribution in [0.15, 0.2) is 60.7 Å². The Morgan fingerprint density at radius 1 is 0.964 bits per heavy atom. The van der Waals surface area contributed by atoms with Gasteiger partial charge in [0.15, 0.2) is 0 Å². The predicted octanol–water partition coefficient (Wildman–Crippen LogP) is 3.77. The van der Waals surface area contributed by atoms with Gasteiger partial charge in [0.2, 0.25) is 5.95 Å². The fourth-order valence-corrected chi connectivity index (χ4v) is 3.23. The van der Waals surface area contributed by atoms with Gasteiger partial charge in [-0.15, -0.1) is 0 Å². The lowest BCUT2D eigenvalue weighted by Crippen LogP contribution is -2.37. The Balaban J connectivity index is 1.55. The molecule has 2 heterocycles. The van der Waals surface area contributed by atoms with Crippen LogP contribution in [0.4, 0.5) is 16.2 Å². The summed E-state index contributed by atoms with van der Waals surface area (Å²) in [7, 11) is 0. The minimum Gasteiger partial charge on any atom is -0.378 e. The number of nitrogens with one attached hydrogen (secondary N) is 1. The number of rotatable bonds is 6. The first-order valence-electron chi connectivity index (χ1n) is 9.54. The normalized spacial score (nSPS) is 14.1. The molecule has 0 bridgehead atoms. The molecule has 0 saturated carbocycles. The van der Waals surface area contributed by atoms with Crippen molar-refractivity contribution >= 4 is 11.8 Å². The van der Waals surface area contributed by atoms with E-state index in [9.17, 15) is 4.39 Å². The highest BCUT2D eigenvalue weighted by molar-refractivity contribution is 5.64. The number of nitrogens with zero attached hydrogens (tertiary/aromatic N) is 3. The molecule has 5 nitrogen and oxygen atoms in total. The number of halogens is 1. The van der Waals surface area contributed by atoms with Crippen LogP contribution in [0.5, 0.6) is 0 Å². The Labute approximate surface area is 164 Å². The molecule has 0 radical (unpaired) electrons. The summed E-state index contributed by atoms with van der Waals surface area (Å²) < 4.78 is 19.3. The molecular weight excluding hydrogens is 355 g/mol. The topological polar surface area (TPSA) is 50.3 Å². The average Bonchev–Trinajstić information content (AvgIpc) is 2.76. The molecule has 0 amide bonds. The van der Waals surface area contributed by atoms with E-state index in [2.05, 4.69) is 15.2 Å². The second kappa shape index (κ2) is 8.80. The number of aromatic nitrogens is 2. The molecule has 144 valence electrons. The smallest absolute Gasteiger partial charge is 0.225 e. The first-order chi connectivity index (χ1) is 13.8. The van der Waals surface area contributed by atoms with Crippen LogP contribution in [0.1, 0.15) is 5.56 Å². The monoisotopic (exact) mass is 378 g/mol. The zero-order chi connectivity index (χ0) is 19.2. The van der Waals surface area contributed by atoms with Crippen molar-refractivity contribution in [3.05, 3.63) is 72.0 Å². The highest BCUT2D eigenvalue weighted by atomic mass is 19.1. The first kappa shape index (κ1) is 18.4. The van der Waals surface area contributed by atoms with Gasteiger partial charge in [0, 0.05) is 31.3 Å². The molecule has 28 heavy (non-hydrogen) atoms. The van der Waals surface area contributed by atoms with Crippen LogP contribution < -0.4 is 10.2 Å². The lowest BCUT2D eigenvalue weighted by Gasteiger charge is -2.28. The third kappa shape index (κ3) is 4.46. The van der Waals surface area contributed by atoms with E-state index in [4.69, 9.17) is 9.72 Å². The molecule has 1 fully saturated rings. The molecule has 1 saturated heterocycles. The number of benzene rings is 2. The van der Waals surface area contributed by atoms with Gasteiger partial charge in [-0.05, 0) is 18.1 Å². The lowest BCUT2D eigenvalue weighted by molar-refractivity contribution is 0.122. The standard InChI is InChI=1S/C22H23FN4O/c23-19-9-5-4-6-17(19)10-11-24-22-25-20(18-7-2-1-3-8-18)16-21(26-22)27-12-14-28-15-13-27/h1-9,16H,10-15H2,(H,24,25,26). The molecule has 1 aliphatic heterocycles. The van der Waals surface area contributed by atoms with Crippen molar-refractivity contribution in [3.8, 4) is 11.3 Å². The Morgan fingerprint density at radius 3 is 2.50 bits per heavy atom. The van der Waals surface area contributed by atoms with Gasteiger partial charge in [0.25, 0.3) is 0 Å². The van der Waals surface area contributed by atoms with Gasteiger partial charge in [-0.2, -0.15) is 4.98 Å². The minimum absolute atomic E-state index is 0.183. The van der Waals surface area contributed by atoms with Gasteiger partial charge in [-0.3, -0.25) is 0 Å². The van der Waals surface area contributed by atoms with E-state index in [1.165, 1.54) is 6.07 Å². The summed E-state index contributed by atoms with van der Waals surface area (Å²) in [6, 6.07) is 18.9. The van der Waals surface area contributed by atoms with Crippen LogP contribution in [-0.4, -0.2) is 42.8 Å². The Kier molecular flexibility index (Phi) is 5.77. The zero-order valence-electron chi connectivity index (χ0n) is 15.6. The molecule has 6 heteroatoms. The van der Waals surface area contributed by atoms with E-state index in [-0.39, 0.29) is 5.82 Å². The van der Waals surface area contributed by atoms with Gasteiger partial charge in [0.1, 0.15) is 11.6 Å². The van der Waals surface area contributed by atoms with Gasteiger partial charge >= 0.3 is 0 Å². The van der Waals surface area contributed by atoms with Crippen molar-refractivity contribution in [1.29, 1.82) is 0 Å². The van der Waals surface area contributed by atoms with Crippen molar-refractivity contribution in [1.82, 2.24) is 9.97 Å². The SMILES string of the molecule is Fc1ccccc1CCNc1nc(-c2ccccc2)cc(N2CCOCC2)n1. The van der Waals surface area contributed by atoms with E-state index in [1.807, 2.05) is 42.5 Å². The Morgan fingerprint density at radius 2 is 1.71 bits per heavy atom. The predicted molar refractivity (Wildman–Crippen MR) is 109 cm³/mol. The maximum atomic E-state index is 13.8. The summed E-state index contributed by atoms with van der Waals surface area (Å²) in [6.07, 6.45) is 0.568. The van der Waals surface area contributed by atoms with E-state index in [0.717, 1.165) is 30.2 Å². The Hall–Kier alpha value is -2.99. The van der Waals surface area contributed by atoms with E-state index in [1.54, 1.807) is 12.1 Å². The van der Waals surface area contributed by atoms with Crippen LogP contribution >= 0.6 is 0 Å². The molecule has 4 rings (SSSR count). The highest BCUT2D eigenvalue weighted by Crippen LogP contribution is 2.24. The van der Waals surface area contributed by atoms with Crippen molar-refractivity contribution < 1.29 is 9.13 Å². The molecule has 0 unspecified atom stereocenters. The molecule has 0 spiro atoms. The number of morpholine rings is 1. The second-order valence-corrected chi connectivity index (χ2v) is 6.67. The quantitative estimate of drug-likeness (QED) is 0.708. The molecule has 0 atom stereocenters. The summed E-state index contributed by atoms with van der Waals surface area (Å²) in [5.74, 6) is 1.25. The summed E-state index contributed by atoms with van der Waals surface area (Å²) in [4.78, 5) is 11.6. The number of ether oxygens (including phenoxy) is 1. The highest BCUT2D eigenvalue weighted by Gasteiger charge is 2.15. The summed E-state index contributed by atoms with van der Waals surface area (Å²) in [6.45, 7) is 3.56. The van der Waals surface area contributed by atoms with Gasteiger partial charge in [0.05, 0.1) is 18.9 Å². The first-order valence-corrected chi connectivity index (χ1v) is 9.54. The molecule has 1 aromatic heterocycles. The minimum atomic E-state index is -0.183. The summed E-state index contributed by atoms with van der Waals surface area (Å²) in [5.41, 5.74) is 2.59. The molecular formula is C22H23FN4O. The molecule has 0 aliphatic carbocycles. The van der Waals surface area contributed by atoms with Crippen molar-refractivity contribution in [3.63, 3.8) is 0 Å². The van der Waals surface area contributed by atoms with E-state index in [0.29, 0.717) is 37.7 Å².